The van der Waals surface area contributed by atoms with Crippen molar-refractivity contribution in [2.45, 2.75) is 26.8 Å². The number of hydrogen-bond donors (Lipinski definition) is 1. The molecule has 2 rings (SSSR count). The lowest BCUT2D eigenvalue weighted by Gasteiger charge is -2.15. The predicted molar refractivity (Wildman–Crippen MR) is 69.3 cm³/mol. The van der Waals surface area contributed by atoms with Gasteiger partial charge in [0.25, 0.3) is 0 Å². The van der Waals surface area contributed by atoms with E-state index in [9.17, 15) is 0 Å². The second kappa shape index (κ2) is 4.70. The molecule has 2 heterocycles. The minimum absolute atomic E-state index is 0.343. The van der Waals surface area contributed by atoms with Gasteiger partial charge in [-0.25, -0.2) is 4.98 Å². The van der Waals surface area contributed by atoms with E-state index in [1.807, 2.05) is 23.7 Å². The summed E-state index contributed by atoms with van der Waals surface area (Å²) >= 11 is 1.84. The summed E-state index contributed by atoms with van der Waals surface area (Å²) in [6, 6.07) is 4.70. The topological polar surface area (TPSA) is 29.9 Å². The molecule has 0 spiro atoms. The maximum absolute atomic E-state index is 4.32. The summed E-state index contributed by atoms with van der Waals surface area (Å²) in [7, 11) is 0. The Kier molecular flexibility index (Phi) is 3.29. The monoisotopic (exact) mass is 235 g/mol. The Morgan fingerprint density at radius 3 is 2.94 bits per heavy atom. The molecule has 0 saturated heterocycles. The molecule has 0 aliphatic carbocycles. The zero-order valence-electron chi connectivity index (χ0n) is 9.90. The number of nitrogens with one attached hydrogen (secondary N) is 1. The number of imidazole rings is 1. The van der Waals surface area contributed by atoms with E-state index in [1.165, 1.54) is 9.75 Å². The van der Waals surface area contributed by atoms with E-state index < -0.39 is 0 Å². The summed E-state index contributed by atoms with van der Waals surface area (Å²) in [6.45, 7) is 7.32. The minimum Gasteiger partial charge on any atom is -0.356 e. The van der Waals surface area contributed by atoms with Crippen LogP contribution in [0.3, 0.4) is 0 Å². The molecule has 16 heavy (non-hydrogen) atoms. The molecule has 0 bridgehead atoms. The highest BCUT2D eigenvalue weighted by molar-refractivity contribution is 7.12. The van der Waals surface area contributed by atoms with E-state index in [1.54, 1.807) is 0 Å². The molecule has 0 saturated carbocycles. The summed E-state index contributed by atoms with van der Waals surface area (Å²) in [6.07, 6.45) is 3.87. The second-order valence-electron chi connectivity index (χ2n) is 3.81. The second-order valence-corrected chi connectivity index (χ2v) is 5.13. The van der Waals surface area contributed by atoms with Crippen molar-refractivity contribution < 1.29 is 0 Å². The lowest BCUT2D eigenvalue weighted by molar-refractivity contribution is 0.655. The molecular weight excluding hydrogens is 218 g/mol. The zero-order chi connectivity index (χ0) is 11.5. The summed E-state index contributed by atoms with van der Waals surface area (Å²) in [4.78, 5) is 7.04. The molecule has 0 aliphatic rings. The van der Waals surface area contributed by atoms with Crippen molar-refractivity contribution in [1.29, 1.82) is 0 Å². The maximum atomic E-state index is 4.32. The predicted octanol–water partition coefficient (Wildman–Crippen LogP) is 3.29. The van der Waals surface area contributed by atoms with Gasteiger partial charge in [0.15, 0.2) is 0 Å². The summed E-state index contributed by atoms with van der Waals surface area (Å²) < 4.78 is 2.18. The number of aryl methyl sites for hydroxylation is 1. The van der Waals surface area contributed by atoms with E-state index in [2.05, 4.69) is 47.8 Å². The normalized spacial score (nSPS) is 12.7. The van der Waals surface area contributed by atoms with E-state index in [0.29, 0.717) is 6.04 Å². The Balaban J connectivity index is 2.26. The van der Waals surface area contributed by atoms with Crippen LogP contribution >= 0.6 is 11.3 Å². The van der Waals surface area contributed by atoms with Crippen LogP contribution < -0.4 is 5.32 Å². The molecule has 4 heteroatoms. The maximum Gasteiger partial charge on any atom is 0.203 e. The molecular formula is C12H17N3S. The quantitative estimate of drug-likeness (QED) is 0.881. The van der Waals surface area contributed by atoms with Crippen molar-refractivity contribution in [2.75, 3.05) is 11.9 Å². The molecule has 2 aromatic rings. The Morgan fingerprint density at radius 1 is 1.50 bits per heavy atom. The molecule has 0 fully saturated rings. The Labute approximate surface area is 100 Å². The number of aromatic nitrogens is 2. The molecule has 1 unspecified atom stereocenters. The van der Waals surface area contributed by atoms with Crippen LogP contribution in [0, 0.1) is 6.92 Å². The summed E-state index contributed by atoms with van der Waals surface area (Å²) in [5.41, 5.74) is 0. The molecule has 3 nitrogen and oxygen atoms in total. The van der Waals surface area contributed by atoms with Crippen LogP contribution in [0.4, 0.5) is 5.95 Å². The van der Waals surface area contributed by atoms with E-state index in [0.717, 1.165) is 12.5 Å². The van der Waals surface area contributed by atoms with Crippen LogP contribution in [-0.4, -0.2) is 16.1 Å². The van der Waals surface area contributed by atoms with Gasteiger partial charge >= 0.3 is 0 Å². The number of rotatable bonds is 4. The van der Waals surface area contributed by atoms with E-state index in [-0.39, 0.29) is 0 Å². The van der Waals surface area contributed by atoms with Gasteiger partial charge in [0.2, 0.25) is 5.95 Å². The van der Waals surface area contributed by atoms with Crippen LogP contribution in [0.15, 0.2) is 24.5 Å². The van der Waals surface area contributed by atoms with Crippen LogP contribution in [0.25, 0.3) is 0 Å². The highest BCUT2D eigenvalue weighted by Crippen LogP contribution is 2.27. The molecule has 0 amide bonds. The standard InChI is InChI=1S/C12H17N3S/c1-4-13-12-14-7-8-15(12)10(3)11-6-5-9(2)16-11/h5-8,10H,4H2,1-3H3,(H,13,14). The molecule has 1 atom stereocenters. The number of anilines is 1. The van der Waals surface area contributed by atoms with Gasteiger partial charge in [0.1, 0.15) is 0 Å². The largest absolute Gasteiger partial charge is 0.356 e. The van der Waals surface area contributed by atoms with Crippen molar-refractivity contribution in [2.24, 2.45) is 0 Å². The van der Waals surface area contributed by atoms with Gasteiger partial charge in [-0.1, -0.05) is 0 Å². The van der Waals surface area contributed by atoms with Crippen molar-refractivity contribution in [3.8, 4) is 0 Å². The van der Waals surface area contributed by atoms with Crippen molar-refractivity contribution >= 4 is 17.3 Å². The number of hydrogen-bond acceptors (Lipinski definition) is 3. The molecule has 86 valence electrons. The zero-order valence-corrected chi connectivity index (χ0v) is 10.7. The van der Waals surface area contributed by atoms with Gasteiger partial charge in [-0.2, -0.15) is 0 Å². The first-order chi connectivity index (χ1) is 7.72. The summed E-state index contributed by atoms with van der Waals surface area (Å²) in [5.74, 6) is 0.945. The van der Waals surface area contributed by atoms with Crippen LogP contribution in [0.2, 0.25) is 0 Å². The van der Waals surface area contributed by atoms with Crippen LogP contribution in [-0.2, 0) is 0 Å². The van der Waals surface area contributed by atoms with E-state index in [4.69, 9.17) is 0 Å². The average molecular weight is 235 g/mol. The lowest BCUT2D eigenvalue weighted by Crippen LogP contribution is -2.10. The Bertz CT molecular complexity index is 458. The highest BCUT2D eigenvalue weighted by Gasteiger charge is 2.12. The molecule has 0 aromatic carbocycles. The van der Waals surface area contributed by atoms with Crippen molar-refractivity contribution in [3.63, 3.8) is 0 Å². The fourth-order valence-electron chi connectivity index (χ4n) is 1.74. The molecule has 1 N–H and O–H groups in total. The minimum atomic E-state index is 0.343. The van der Waals surface area contributed by atoms with Crippen molar-refractivity contribution in [1.82, 2.24) is 9.55 Å². The Hall–Kier alpha value is -1.29. The summed E-state index contributed by atoms with van der Waals surface area (Å²) in [5, 5.41) is 3.27. The van der Waals surface area contributed by atoms with E-state index >= 15 is 0 Å². The fourth-order valence-corrected chi connectivity index (χ4v) is 2.66. The molecule has 0 radical (unpaired) electrons. The van der Waals surface area contributed by atoms with Gasteiger partial charge in [-0.3, -0.25) is 0 Å². The first-order valence-electron chi connectivity index (χ1n) is 5.55. The highest BCUT2D eigenvalue weighted by atomic mass is 32.1. The lowest BCUT2D eigenvalue weighted by atomic mass is 10.2. The van der Waals surface area contributed by atoms with Gasteiger partial charge < -0.3 is 9.88 Å². The van der Waals surface area contributed by atoms with Gasteiger partial charge in [-0.05, 0) is 32.9 Å². The first-order valence-corrected chi connectivity index (χ1v) is 6.37. The third kappa shape index (κ3) is 2.11. The van der Waals surface area contributed by atoms with Crippen LogP contribution in [0.5, 0.6) is 0 Å². The fraction of sp³-hybridized carbons (Fsp3) is 0.417. The smallest absolute Gasteiger partial charge is 0.203 e. The molecule has 2 aromatic heterocycles. The van der Waals surface area contributed by atoms with Crippen LogP contribution in [0.1, 0.15) is 29.6 Å². The van der Waals surface area contributed by atoms with Crippen molar-refractivity contribution in [3.05, 3.63) is 34.3 Å². The first kappa shape index (κ1) is 11.2. The number of thiophene rings is 1. The number of nitrogens with zero attached hydrogens (tertiary/aromatic N) is 2. The van der Waals surface area contributed by atoms with Gasteiger partial charge in [0, 0.05) is 28.7 Å². The third-order valence-corrected chi connectivity index (χ3v) is 3.76. The van der Waals surface area contributed by atoms with Gasteiger partial charge in [0.05, 0.1) is 6.04 Å². The Morgan fingerprint density at radius 2 is 2.31 bits per heavy atom. The average Bonchev–Trinajstić information content (AvgIpc) is 2.87. The van der Waals surface area contributed by atoms with Gasteiger partial charge in [-0.15, -0.1) is 11.3 Å². The third-order valence-electron chi connectivity index (χ3n) is 2.59. The SMILES string of the molecule is CCNc1nccn1C(C)c1ccc(C)s1. The molecule has 0 aliphatic heterocycles.